The summed E-state index contributed by atoms with van der Waals surface area (Å²) in [5, 5.41) is 11.1. The molecule has 2 aliphatic heterocycles. The number of aryl methyl sites for hydroxylation is 1. The molecule has 0 aliphatic carbocycles. The van der Waals surface area contributed by atoms with Gasteiger partial charge in [-0.2, -0.15) is 0 Å². The molecule has 0 bridgehead atoms. The number of ether oxygens (including phenoxy) is 1. The third-order valence-electron chi connectivity index (χ3n) is 4.41. The van der Waals surface area contributed by atoms with E-state index in [0.29, 0.717) is 11.6 Å². The Bertz CT molecular complexity index is 486. The van der Waals surface area contributed by atoms with Crippen LogP contribution in [0, 0.1) is 0 Å². The van der Waals surface area contributed by atoms with Gasteiger partial charge in [-0.25, -0.2) is 0 Å². The molecule has 0 aromatic heterocycles. The van der Waals surface area contributed by atoms with E-state index in [0.717, 1.165) is 30.8 Å². The number of nitrogens with zero attached hydrogens (tertiary/aromatic N) is 1. The minimum absolute atomic E-state index is 0.0306. The number of rotatable bonds is 2. The van der Waals surface area contributed by atoms with Crippen molar-refractivity contribution in [2.75, 3.05) is 19.7 Å². The Balaban J connectivity index is 2.00. The fourth-order valence-electron chi connectivity index (χ4n) is 3.35. The number of hydrogen-bond donors (Lipinski definition) is 1. The van der Waals surface area contributed by atoms with Crippen molar-refractivity contribution in [2.24, 2.45) is 0 Å². The van der Waals surface area contributed by atoms with E-state index in [1.54, 1.807) is 0 Å². The van der Waals surface area contributed by atoms with Crippen molar-refractivity contribution in [3.8, 4) is 5.75 Å². The Kier molecular flexibility index (Phi) is 4.20. The van der Waals surface area contributed by atoms with E-state index < -0.39 is 6.10 Å². The lowest BCUT2D eigenvalue weighted by Gasteiger charge is -2.41. The molecule has 2 atom stereocenters. The van der Waals surface area contributed by atoms with Gasteiger partial charge in [0.05, 0.1) is 11.1 Å². The van der Waals surface area contributed by atoms with Crippen LogP contribution >= 0.6 is 11.6 Å². The van der Waals surface area contributed by atoms with Crippen LogP contribution < -0.4 is 4.74 Å². The summed E-state index contributed by atoms with van der Waals surface area (Å²) in [7, 11) is 0. The number of likely N-dealkylation sites (tertiary alicyclic amines) is 1. The molecule has 3 nitrogen and oxygen atoms in total. The van der Waals surface area contributed by atoms with Crippen molar-refractivity contribution >= 4 is 11.6 Å². The van der Waals surface area contributed by atoms with Crippen molar-refractivity contribution in [3.05, 3.63) is 28.3 Å². The van der Waals surface area contributed by atoms with Crippen LogP contribution in [-0.2, 0) is 6.42 Å². The van der Waals surface area contributed by atoms with Crippen LogP contribution in [0.5, 0.6) is 5.75 Å². The number of aliphatic hydroxyl groups excluding tert-OH is 1. The van der Waals surface area contributed by atoms with Gasteiger partial charge in [-0.3, -0.25) is 4.90 Å². The molecule has 4 heteroatoms. The fourth-order valence-corrected chi connectivity index (χ4v) is 3.66. The zero-order valence-electron chi connectivity index (χ0n) is 11.9. The summed E-state index contributed by atoms with van der Waals surface area (Å²) in [4.78, 5) is 2.39. The third kappa shape index (κ3) is 2.54. The fraction of sp³-hybridized carbons (Fsp3) is 0.625. The van der Waals surface area contributed by atoms with E-state index in [1.165, 1.54) is 24.8 Å². The molecule has 1 N–H and O–H groups in total. The lowest BCUT2D eigenvalue weighted by Crippen LogP contribution is -2.44. The van der Waals surface area contributed by atoms with Gasteiger partial charge in [0.25, 0.3) is 0 Å². The molecule has 0 spiro atoms. The molecule has 0 amide bonds. The molecule has 0 radical (unpaired) electrons. The van der Waals surface area contributed by atoms with E-state index in [2.05, 4.69) is 17.9 Å². The molecule has 20 heavy (non-hydrogen) atoms. The predicted octanol–water partition coefficient (Wildman–Crippen LogP) is 3.18. The lowest BCUT2D eigenvalue weighted by molar-refractivity contribution is -0.00673. The van der Waals surface area contributed by atoms with Crippen molar-refractivity contribution < 1.29 is 9.84 Å². The van der Waals surface area contributed by atoms with Crippen molar-refractivity contribution in [1.82, 2.24) is 4.90 Å². The van der Waals surface area contributed by atoms with Gasteiger partial charge in [-0.15, -0.1) is 0 Å². The smallest absolute Gasteiger partial charge is 0.142 e. The first-order chi connectivity index (χ1) is 9.70. The monoisotopic (exact) mass is 295 g/mol. The highest BCUT2D eigenvalue weighted by Gasteiger charge is 2.35. The number of piperidine rings is 1. The average Bonchev–Trinajstić information content (AvgIpc) is 2.47. The molecular formula is C16H22ClNO2. The first-order valence-corrected chi connectivity index (χ1v) is 7.95. The second-order valence-electron chi connectivity index (χ2n) is 5.77. The molecule has 1 fully saturated rings. The summed E-state index contributed by atoms with van der Waals surface area (Å²) in [5.41, 5.74) is 2.27. The molecule has 2 heterocycles. The van der Waals surface area contributed by atoms with Crippen molar-refractivity contribution in [2.45, 2.75) is 44.8 Å². The van der Waals surface area contributed by atoms with Crippen LogP contribution in [0.1, 0.15) is 43.4 Å². The van der Waals surface area contributed by atoms with Crippen LogP contribution in [0.2, 0.25) is 5.02 Å². The maximum atomic E-state index is 10.4. The molecule has 3 rings (SSSR count). The first kappa shape index (κ1) is 14.2. The van der Waals surface area contributed by atoms with Crippen LogP contribution in [0.4, 0.5) is 0 Å². The van der Waals surface area contributed by atoms with E-state index in [-0.39, 0.29) is 6.04 Å². The van der Waals surface area contributed by atoms with E-state index in [4.69, 9.17) is 16.3 Å². The molecule has 1 saturated heterocycles. The Hall–Kier alpha value is -0.770. The summed E-state index contributed by atoms with van der Waals surface area (Å²) in [6.45, 7) is 4.55. The maximum Gasteiger partial charge on any atom is 0.142 e. The minimum Gasteiger partial charge on any atom is -0.489 e. The molecule has 110 valence electrons. The van der Waals surface area contributed by atoms with Crippen LogP contribution in [0.3, 0.4) is 0 Å². The first-order valence-electron chi connectivity index (χ1n) is 7.58. The summed E-state index contributed by atoms with van der Waals surface area (Å²) in [6.07, 6.45) is 4.18. The predicted molar refractivity (Wildman–Crippen MR) is 80.5 cm³/mol. The number of aliphatic hydroxyl groups is 1. The molecule has 1 aromatic rings. The van der Waals surface area contributed by atoms with E-state index in [1.807, 2.05) is 6.07 Å². The standard InChI is InChI=1S/C16H22ClNO2/c1-2-11-8-12-15(18-6-4-3-5-7-18)14(19)10-20-16(12)13(17)9-11/h8-9,14-15,19H,2-7,10H2,1H3. The summed E-state index contributed by atoms with van der Waals surface area (Å²) in [6, 6.07) is 4.16. The maximum absolute atomic E-state index is 10.4. The van der Waals surface area contributed by atoms with E-state index in [9.17, 15) is 5.11 Å². The lowest BCUT2D eigenvalue weighted by atomic mass is 9.92. The Morgan fingerprint density at radius 1 is 1.30 bits per heavy atom. The van der Waals surface area contributed by atoms with Crippen LogP contribution in [0.15, 0.2) is 12.1 Å². The van der Waals surface area contributed by atoms with Gasteiger partial charge >= 0.3 is 0 Å². The van der Waals surface area contributed by atoms with Gasteiger partial charge in [-0.05, 0) is 44.0 Å². The number of halogens is 1. The van der Waals surface area contributed by atoms with Crippen LogP contribution in [-0.4, -0.2) is 35.8 Å². The highest BCUT2D eigenvalue weighted by atomic mass is 35.5. The highest BCUT2D eigenvalue weighted by molar-refractivity contribution is 6.32. The second-order valence-corrected chi connectivity index (χ2v) is 6.18. The number of benzene rings is 1. The summed E-state index contributed by atoms with van der Waals surface area (Å²) < 4.78 is 5.68. The molecule has 1 aromatic carbocycles. The number of fused-ring (bicyclic) bond motifs is 1. The van der Waals surface area contributed by atoms with Gasteiger partial charge in [0.15, 0.2) is 0 Å². The Labute approximate surface area is 125 Å². The quantitative estimate of drug-likeness (QED) is 0.909. The zero-order chi connectivity index (χ0) is 14.1. The summed E-state index contributed by atoms with van der Waals surface area (Å²) in [5.74, 6) is 0.768. The highest BCUT2D eigenvalue weighted by Crippen LogP contribution is 2.42. The largest absolute Gasteiger partial charge is 0.489 e. The SMILES string of the molecule is CCc1cc(Cl)c2c(c1)C(N1CCCCC1)C(O)CO2. The normalized spacial score (nSPS) is 26.9. The topological polar surface area (TPSA) is 32.7 Å². The van der Waals surface area contributed by atoms with Gasteiger partial charge in [-0.1, -0.05) is 31.0 Å². The van der Waals surface area contributed by atoms with Gasteiger partial charge in [0.1, 0.15) is 18.5 Å². The van der Waals surface area contributed by atoms with Crippen molar-refractivity contribution in [1.29, 1.82) is 0 Å². The van der Waals surface area contributed by atoms with Crippen molar-refractivity contribution in [3.63, 3.8) is 0 Å². The van der Waals surface area contributed by atoms with Gasteiger partial charge in [0.2, 0.25) is 0 Å². The molecule has 0 saturated carbocycles. The summed E-state index contributed by atoms with van der Waals surface area (Å²) >= 11 is 6.35. The molecular weight excluding hydrogens is 274 g/mol. The Morgan fingerprint density at radius 3 is 2.75 bits per heavy atom. The zero-order valence-corrected chi connectivity index (χ0v) is 12.7. The van der Waals surface area contributed by atoms with Crippen LogP contribution in [0.25, 0.3) is 0 Å². The molecule has 2 aliphatic rings. The van der Waals surface area contributed by atoms with E-state index >= 15 is 0 Å². The molecule has 2 unspecified atom stereocenters. The van der Waals surface area contributed by atoms with Gasteiger partial charge in [0, 0.05) is 5.56 Å². The Morgan fingerprint density at radius 2 is 2.05 bits per heavy atom. The average molecular weight is 296 g/mol. The second kappa shape index (κ2) is 5.92. The minimum atomic E-state index is -0.469. The third-order valence-corrected chi connectivity index (χ3v) is 4.69. The van der Waals surface area contributed by atoms with Gasteiger partial charge < -0.3 is 9.84 Å². The number of hydrogen-bond acceptors (Lipinski definition) is 3.